The molecular weight excluding hydrogens is 170 g/mol. The van der Waals surface area contributed by atoms with E-state index >= 15 is 0 Å². The molecule has 1 unspecified atom stereocenters. The highest BCUT2D eigenvalue weighted by atomic mass is 16.5. The molecule has 1 amide bonds. The third-order valence-corrected chi connectivity index (χ3v) is 1.38. The van der Waals surface area contributed by atoms with Crippen molar-refractivity contribution < 1.29 is 14.6 Å². The van der Waals surface area contributed by atoms with E-state index < -0.39 is 6.09 Å². The molecule has 0 rings (SSSR count). The largest absolute Gasteiger partial charge is 0.449 e. The fourth-order valence-electron chi connectivity index (χ4n) is 0.677. The van der Waals surface area contributed by atoms with Crippen LogP contribution in [0, 0.1) is 5.92 Å². The summed E-state index contributed by atoms with van der Waals surface area (Å²) in [6.07, 6.45) is -0.240. The first-order valence-corrected chi connectivity index (χ1v) is 4.61. The summed E-state index contributed by atoms with van der Waals surface area (Å²) in [4.78, 5) is 10.9. The van der Waals surface area contributed by atoms with E-state index in [2.05, 4.69) is 5.32 Å². The number of rotatable bonds is 5. The average Bonchev–Trinajstić information content (AvgIpc) is 2.00. The summed E-state index contributed by atoms with van der Waals surface area (Å²) in [7, 11) is 0. The fraction of sp³-hybridized carbons (Fsp3) is 0.889. The van der Waals surface area contributed by atoms with Crippen LogP contribution >= 0.6 is 0 Å². The minimum atomic E-state index is -0.408. The van der Waals surface area contributed by atoms with E-state index in [-0.39, 0.29) is 6.10 Å². The monoisotopic (exact) mass is 189 g/mol. The van der Waals surface area contributed by atoms with Gasteiger partial charge in [-0.25, -0.2) is 4.79 Å². The summed E-state index contributed by atoms with van der Waals surface area (Å²) in [6, 6.07) is 0. The lowest BCUT2D eigenvalue weighted by Crippen LogP contribution is -2.28. The van der Waals surface area contributed by atoms with E-state index in [1.807, 2.05) is 13.8 Å². The molecule has 0 saturated heterocycles. The maximum atomic E-state index is 10.9. The van der Waals surface area contributed by atoms with Crippen LogP contribution in [0.3, 0.4) is 0 Å². The quantitative estimate of drug-likeness (QED) is 0.681. The zero-order valence-corrected chi connectivity index (χ0v) is 8.54. The number of aliphatic hydroxyl groups excluding tert-OH is 1. The van der Waals surface area contributed by atoms with E-state index in [0.29, 0.717) is 25.5 Å². The predicted octanol–water partition coefficient (Wildman–Crippen LogP) is 1.14. The van der Waals surface area contributed by atoms with E-state index in [0.717, 1.165) is 0 Å². The third kappa shape index (κ3) is 9.14. The lowest BCUT2D eigenvalue weighted by Gasteiger charge is -2.09. The summed E-state index contributed by atoms with van der Waals surface area (Å²) in [5, 5.41) is 11.4. The Balaban J connectivity index is 3.30. The topological polar surface area (TPSA) is 58.6 Å². The van der Waals surface area contributed by atoms with Crippen LogP contribution < -0.4 is 5.32 Å². The van der Waals surface area contributed by atoms with E-state index in [9.17, 15) is 4.79 Å². The molecular formula is C9H19NO3. The van der Waals surface area contributed by atoms with Crippen molar-refractivity contribution in [1.82, 2.24) is 5.32 Å². The molecule has 13 heavy (non-hydrogen) atoms. The molecule has 0 aliphatic carbocycles. The van der Waals surface area contributed by atoms with Crippen LogP contribution in [0.5, 0.6) is 0 Å². The van der Waals surface area contributed by atoms with Gasteiger partial charge in [-0.3, -0.25) is 0 Å². The molecule has 0 aliphatic rings. The van der Waals surface area contributed by atoms with Gasteiger partial charge < -0.3 is 15.2 Å². The molecule has 4 nitrogen and oxygen atoms in total. The molecule has 0 radical (unpaired) electrons. The van der Waals surface area contributed by atoms with Gasteiger partial charge in [-0.15, -0.1) is 0 Å². The Bertz CT molecular complexity index is 146. The smallest absolute Gasteiger partial charge is 0.407 e. The zero-order chi connectivity index (χ0) is 10.3. The van der Waals surface area contributed by atoms with E-state index in [4.69, 9.17) is 9.84 Å². The van der Waals surface area contributed by atoms with Crippen molar-refractivity contribution in [1.29, 1.82) is 0 Å². The predicted molar refractivity (Wildman–Crippen MR) is 50.5 cm³/mol. The van der Waals surface area contributed by atoms with Gasteiger partial charge in [-0.2, -0.15) is 0 Å². The Morgan fingerprint density at radius 1 is 1.46 bits per heavy atom. The highest BCUT2D eigenvalue weighted by molar-refractivity contribution is 5.66. The number of carbonyl (C=O) groups is 1. The molecule has 78 valence electrons. The highest BCUT2D eigenvalue weighted by Gasteiger charge is 2.03. The second kappa shape index (κ2) is 6.71. The van der Waals surface area contributed by atoms with Crippen LogP contribution in [0.15, 0.2) is 0 Å². The number of amides is 1. The molecule has 0 aliphatic heterocycles. The first kappa shape index (κ1) is 12.2. The maximum Gasteiger partial charge on any atom is 0.407 e. The van der Waals surface area contributed by atoms with Crippen LogP contribution in [0.4, 0.5) is 4.79 Å². The zero-order valence-electron chi connectivity index (χ0n) is 8.54. The summed E-state index contributed by atoms with van der Waals surface area (Å²) in [5.74, 6) is 0.350. The van der Waals surface area contributed by atoms with E-state index in [1.54, 1.807) is 6.92 Å². The van der Waals surface area contributed by atoms with Gasteiger partial charge in [0.1, 0.15) is 0 Å². The van der Waals surface area contributed by atoms with Crippen LogP contribution in [0.25, 0.3) is 0 Å². The molecule has 4 heteroatoms. The normalized spacial score (nSPS) is 12.7. The Morgan fingerprint density at radius 2 is 2.08 bits per heavy atom. The first-order chi connectivity index (χ1) is 6.02. The van der Waals surface area contributed by atoms with Crippen molar-refractivity contribution in [2.24, 2.45) is 5.92 Å². The molecule has 0 aromatic heterocycles. The fourth-order valence-corrected chi connectivity index (χ4v) is 0.677. The number of nitrogens with one attached hydrogen (secondary N) is 1. The van der Waals surface area contributed by atoms with Gasteiger partial charge in [0.05, 0.1) is 12.7 Å². The Labute approximate surface area is 79.3 Å². The summed E-state index contributed by atoms with van der Waals surface area (Å²) < 4.78 is 4.85. The average molecular weight is 189 g/mol. The Morgan fingerprint density at radius 3 is 2.54 bits per heavy atom. The third-order valence-electron chi connectivity index (χ3n) is 1.38. The number of alkyl carbamates (subject to hydrolysis) is 1. The SMILES string of the molecule is CC(C)COC(=O)NCCC(C)O. The van der Waals surface area contributed by atoms with Crippen LogP contribution in [-0.2, 0) is 4.74 Å². The van der Waals surface area contributed by atoms with Crippen molar-refractivity contribution in [2.45, 2.75) is 33.3 Å². The number of aliphatic hydroxyl groups is 1. The molecule has 0 saturated carbocycles. The van der Waals surface area contributed by atoms with Crippen molar-refractivity contribution in [2.75, 3.05) is 13.2 Å². The van der Waals surface area contributed by atoms with Gasteiger partial charge in [0, 0.05) is 6.54 Å². The van der Waals surface area contributed by atoms with Gasteiger partial charge in [-0.05, 0) is 19.3 Å². The molecule has 0 aromatic rings. The molecule has 1 atom stereocenters. The van der Waals surface area contributed by atoms with Crippen molar-refractivity contribution in [3.05, 3.63) is 0 Å². The van der Waals surface area contributed by atoms with Gasteiger partial charge >= 0.3 is 6.09 Å². The van der Waals surface area contributed by atoms with Crippen LogP contribution in [0.1, 0.15) is 27.2 Å². The van der Waals surface area contributed by atoms with Gasteiger partial charge in [0.15, 0.2) is 0 Å². The first-order valence-electron chi connectivity index (χ1n) is 4.61. The highest BCUT2D eigenvalue weighted by Crippen LogP contribution is 1.93. The van der Waals surface area contributed by atoms with Crippen molar-refractivity contribution in [3.63, 3.8) is 0 Å². The minimum absolute atomic E-state index is 0.350. The second-order valence-electron chi connectivity index (χ2n) is 3.56. The lowest BCUT2D eigenvalue weighted by molar-refractivity contribution is 0.130. The number of carbonyl (C=O) groups excluding carboxylic acids is 1. The second-order valence-corrected chi connectivity index (χ2v) is 3.56. The van der Waals surface area contributed by atoms with Gasteiger partial charge in [-0.1, -0.05) is 13.8 Å². The molecule has 0 aromatic carbocycles. The summed E-state index contributed by atoms with van der Waals surface area (Å²) >= 11 is 0. The minimum Gasteiger partial charge on any atom is -0.449 e. The molecule has 0 heterocycles. The number of hydrogen-bond donors (Lipinski definition) is 2. The standard InChI is InChI=1S/C9H19NO3/c1-7(2)6-13-9(12)10-5-4-8(3)11/h7-8,11H,4-6H2,1-3H3,(H,10,12). The molecule has 0 fully saturated rings. The molecule has 0 spiro atoms. The number of ether oxygens (including phenoxy) is 1. The van der Waals surface area contributed by atoms with Crippen molar-refractivity contribution in [3.8, 4) is 0 Å². The van der Waals surface area contributed by atoms with Gasteiger partial charge in [0.2, 0.25) is 0 Å². The maximum absolute atomic E-state index is 10.9. The Kier molecular flexibility index (Phi) is 6.32. The van der Waals surface area contributed by atoms with Gasteiger partial charge in [0.25, 0.3) is 0 Å². The van der Waals surface area contributed by atoms with Crippen LogP contribution in [-0.4, -0.2) is 30.5 Å². The van der Waals surface area contributed by atoms with Crippen molar-refractivity contribution >= 4 is 6.09 Å². The molecule has 0 bridgehead atoms. The van der Waals surface area contributed by atoms with E-state index in [1.165, 1.54) is 0 Å². The lowest BCUT2D eigenvalue weighted by atomic mass is 10.2. The molecule has 2 N–H and O–H groups in total. The number of hydrogen-bond acceptors (Lipinski definition) is 3. The summed E-state index contributed by atoms with van der Waals surface area (Å²) in [5.41, 5.74) is 0. The Hall–Kier alpha value is -0.770. The van der Waals surface area contributed by atoms with Crippen LogP contribution in [0.2, 0.25) is 0 Å². The summed E-state index contributed by atoms with van der Waals surface area (Å²) in [6.45, 7) is 6.52.